The molecule has 5 heteroatoms. The molecule has 0 saturated heterocycles. The molecule has 0 unspecified atom stereocenters. The van der Waals surface area contributed by atoms with Crippen molar-refractivity contribution in [1.29, 1.82) is 0 Å². The summed E-state index contributed by atoms with van der Waals surface area (Å²) < 4.78 is 1.87. The zero-order valence-electron chi connectivity index (χ0n) is 9.26. The maximum atomic E-state index is 5.47. The van der Waals surface area contributed by atoms with Crippen molar-refractivity contribution in [3.05, 3.63) is 11.9 Å². The van der Waals surface area contributed by atoms with Crippen molar-refractivity contribution in [2.75, 3.05) is 20.1 Å². The minimum Gasteiger partial charge on any atom is -0.325 e. The molecule has 0 amide bonds. The fourth-order valence-corrected chi connectivity index (χ4v) is 1.65. The second-order valence-corrected chi connectivity index (χ2v) is 4.38. The van der Waals surface area contributed by atoms with E-state index in [1.807, 2.05) is 10.9 Å². The average Bonchev–Trinajstić information content (AvgIpc) is 2.92. The summed E-state index contributed by atoms with van der Waals surface area (Å²) in [5.41, 5.74) is 6.33. The molecule has 0 aromatic carbocycles. The van der Waals surface area contributed by atoms with Crippen LogP contribution in [-0.4, -0.2) is 40.0 Å². The second-order valence-electron chi connectivity index (χ2n) is 4.38. The normalized spacial score (nSPS) is 16.2. The van der Waals surface area contributed by atoms with E-state index in [0.29, 0.717) is 6.54 Å². The number of hydrogen-bond acceptors (Lipinski definition) is 4. The van der Waals surface area contributed by atoms with Crippen molar-refractivity contribution in [2.24, 2.45) is 11.7 Å². The van der Waals surface area contributed by atoms with Gasteiger partial charge in [-0.25, -0.2) is 0 Å². The molecule has 0 radical (unpaired) electrons. The first-order chi connectivity index (χ1) is 7.28. The van der Waals surface area contributed by atoms with E-state index in [1.165, 1.54) is 19.4 Å². The van der Waals surface area contributed by atoms with Crippen LogP contribution in [0.2, 0.25) is 0 Å². The van der Waals surface area contributed by atoms with Gasteiger partial charge in [-0.15, -0.1) is 5.10 Å². The highest BCUT2D eigenvalue weighted by molar-refractivity contribution is 4.90. The highest BCUT2D eigenvalue weighted by atomic mass is 15.4. The third kappa shape index (κ3) is 3.28. The van der Waals surface area contributed by atoms with Crippen molar-refractivity contribution in [1.82, 2.24) is 19.9 Å². The van der Waals surface area contributed by atoms with Gasteiger partial charge in [-0.3, -0.25) is 4.68 Å². The smallest absolute Gasteiger partial charge is 0.0962 e. The Kier molecular flexibility index (Phi) is 3.33. The fraction of sp³-hybridized carbons (Fsp3) is 0.800. The Morgan fingerprint density at radius 2 is 2.40 bits per heavy atom. The Labute approximate surface area is 90.2 Å². The van der Waals surface area contributed by atoms with Crippen LogP contribution in [0.3, 0.4) is 0 Å². The monoisotopic (exact) mass is 209 g/mol. The first kappa shape index (κ1) is 10.6. The van der Waals surface area contributed by atoms with Gasteiger partial charge in [0.25, 0.3) is 0 Å². The molecule has 1 fully saturated rings. The summed E-state index contributed by atoms with van der Waals surface area (Å²) in [6.07, 6.45) is 4.74. The maximum Gasteiger partial charge on any atom is 0.0962 e. The number of nitrogens with zero attached hydrogens (tertiary/aromatic N) is 4. The van der Waals surface area contributed by atoms with Crippen molar-refractivity contribution in [3.63, 3.8) is 0 Å². The highest BCUT2D eigenvalue weighted by Crippen LogP contribution is 2.29. The Balaban J connectivity index is 1.71. The fourth-order valence-electron chi connectivity index (χ4n) is 1.65. The Morgan fingerprint density at radius 1 is 1.60 bits per heavy atom. The van der Waals surface area contributed by atoms with E-state index in [2.05, 4.69) is 22.3 Å². The molecule has 1 heterocycles. The Morgan fingerprint density at radius 3 is 3.00 bits per heavy atom. The van der Waals surface area contributed by atoms with E-state index in [0.717, 1.165) is 24.7 Å². The van der Waals surface area contributed by atoms with Crippen LogP contribution in [0.15, 0.2) is 6.20 Å². The number of rotatable bonds is 6. The van der Waals surface area contributed by atoms with E-state index in [1.54, 1.807) is 0 Å². The molecule has 1 aliphatic carbocycles. The molecule has 1 aliphatic rings. The van der Waals surface area contributed by atoms with Gasteiger partial charge in [0.1, 0.15) is 0 Å². The van der Waals surface area contributed by atoms with Crippen LogP contribution >= 0.6 is 0 Å². The van der Waals surface area contributed by atoms with Crippen LogP contribution in [-0.2, 0) is 13.1 Å². The first-order valence-corrected chi connectivity index (χ1v) is 5.55. The number of aromatic nitrogens is 3. The predicted molar refractivity (Wildman–Crippen MR) is 58.1 cm³/mol. The molecule has 2 N–H and O–H groups in total. The van der Waals surface area contributed by atoms with Crippen LogP contribution in [0.4, 0.5) is 0 Å². The van der Waals surface area contributed by atoms with Crippen molar-refractivity contribution in [2.45, 2.75) is 25.9 Å². The zero-order chi connectivity index (χ0) is 10.7. The van der Waals surface area contributed by atoms with Gasteiger partial charge in [-0.05, 0) is 25.8 Å². The lowest BCUT2D eigenvalue weighted by atomic mass is 10.4. The van der Waals surface area contributed by atoms with Crippen LogP contribution in [0.1, 0.15) is 18.5 Å². The molecule has 0 atom stereocenters. The zero-order valence-corrected chi connectivity index (χ0v) is 9.26. The lowest BCUT2D eigenvalue weighted by Gasteiger charge is -2.15. The standard InChI is InChI=1S/C10H19N5/c1-14(7-9-2-3-9)4-5-15-8-10(6-11)12-13-15/h8-9H,2-7,11H2,1H3. The topological polar surface area (TPSA) is 60.0 Å². The molecule has 0 aliphatic heterocycles. The van der Waals surface area contributed by atoms with Crippen LogP contribution in [0.25, 0.3) is 0 Å². The molecular formula is C10H19N5. The number of likely N-dealkylation sites (N-methyl/N-ethyl adjacent to an activating group) is 1. The molecule has 84 valence electrons. The van der Waals surface area contributed by atoms with Gasteiger partial charge in [0, 0.05) is 25.8 Å². The van der Waals surface area contributed by atoms with Crippen molar-refractivity contribution >= 4 is 0 Å². The van der Waals surface area contributed by atoms with Crippen LogP contribution < -0.4 is 5.73 Å². The van der Waals surface area contributed by atoms with E-state index < -0.39 is 0 Å². The first-order valence-electron chi connectivity index (χ1n) is 5.55. The summed E-state index contributed by atoms with van der Waals surface area (Å²) in [4.78, 5) is 2.36. The highest BCUT2D eigenvalue weighted by Gasteiger charge is 2.22. The SMILES string of the molecule is CN(CCn1cc(CN)nn1)CC1CC1. The van der Waals surface area contributed by atoms with Crippen LogP contribution in [0, 0.1) is 5.92 Å². The van der Waals surface area contributed by atoms with E-state index >= 15 is 0 Å². The third-order valence-electron chi connectivity index (χ3n) is 2.77. The van der Waals surface area contributed by atoms with Crippen molar-refractivity contribution < 1.29 is 0 Å². The summed E-state index contributed by atoms with van der Waals surface area (Å²) in [7, 11) is 2.17. The van der Waals surface area contributed by atoms with Gasteiger partial charge in [-0.1, -0.05) is 5.21 Å². The average molecular weight is 209 g/mol. The van der Waals surface area contributed by atoms with Crippen LogP contribution in [0.5, 0.6) is 0 Å². The summed E-state index contributed by atoms with van der Waals surface area (Å²) in [5, 5.41) is 7.97. The van der Waals surface area contributed by atoms with E-state index in [-0.39, 0.29) is 0 Å². The maximum absolute atomic E-state index is 5.47. The summed E-state index contributed by atoms with van der Waals surface area (Å²) >= 11 is 0. The summed E-state index contributed by atoms with van der Waals surface area (Å²) in [5.74, 6) is 0.949. The molecular weight excluding hydrogens is 190 g/mol. The van der Waals surface area contributed by atoms with Gasteiger partial charge in [0.05, 0.1) is 12.2 Å². The Bertz CT molecular complexity index is 305. The Hall–Kier alpha value is -0.940. The molecule has 2 rings (SSSR count). The molecule has 1 aromatic heterocycles. The predicted octanol–water partition coefficient (Wildman–Crippen LogP) is 0.0786. The van der Waals surface area contributed by atoms with Gasteiger partial charge < -0.3 is 10.6 Å². The van der Waals surface area contributed by atoms with Gasteiger partial charge in [0.2, 0.25) is 0 Å². The molecule has 0 spiro atoms. The molecule has 5 nitrogen and oxygen atoms in total. The lowest BCUT2D eigenvalue weighted by molar-refractivity contribution is 0.299. The molecule has 15 heavy (non-hydrogen) atoms. The largest absolute Gasteiger partial charge is 0.325 e. The molecule has 1 saturated carbocycles. The quantitative estimate of drug-likeness (QED) is 0.720. The third-order valence-corrected chi connectivity index (χ3v) is 2.77. The van der Waals surface area contributed by atoms with E-state index in [9.17, 15) is 0 Å². The minimum atomic E-state index is 0.470. The number of nitrogens with two attached hydrogens (primary N) is 1. The van der Waals surface area contributed by atoms with Crippen molar-refractivity contribution in [3.8, 4) is 0 Å². The van der Waals surface area contributed by atoms with Gasteiger partial charge in [-0.2, -0.15) is 0 Å². The molecule has 1 aromatic rings. The summed E-state index contributed by atoms with van der Waals surface area (Å²) in [6.45, 7) is 3.62. The molecule has 0 bridgehead atoms. The van der Waals surface area contributed by atoms with Gasteiger partial charge >= 0.3 is 0 Å². The minimum absolute atomic E-state index is 0.470. The van der Waals surface area contributed by atoms with E-state index in [4.69, 9.17) is 5.73 Å². The second kappa shape index (κ2) is 4.72. The lowest BCUT2D eigenvalue weighted by Crippen LogP contribution is -2.25. The number of hydrogen-bond donors (Lipinski definition) is 1. The summed E-state index contributed by atoms with van der Waals surface area (Å²) in [6, 6.07) is 0. The van der Waals surface area contributed by atoms with Gasteiger partial charge in [0.15, 0.2) is 0 Å².